The SMILES string of the molecule is NS(=O)(=O)CCn1ccc(-c2cccs2)n1. The molecule has 2 heterocycles. The molecule has 0 aliphatic rings. The molecule has 7 heteroatoms. The van der Waals surface area contributed by atoms with Crippen molar-refractivity contribution in [2.75, 3.05) is 5.75 Å². The minimum atomic E-state index is -3.43. The number of thiophene rings is 1. The molecule has 0 saturated heterocycles. The third-order valence-electron chi connectivity index (χ3n) is 2.02. The van der Waals surface area contributed by atoms with Gasteiger partial charge in [-0.15, -0.1) is 11.3 Å². The van der Waals surface area contributed by atoms with Gasteiger partial charge < -0.3 is 0 Å². The van der Waals surface area contributed by atoms with Gasteiger partial charge in [0.25, 0.3) is 0 Å². The van der Waals surface area contributed by atoms with Crippen molar-refractivity contribution in [3.05, 3.63) is 29.8 Å². The van der Waals surface area contributed by atoms with Crippen LogP contribution in [0.5, 0.6) is 0 Å². The summed E-state index contributed by atoms with van der Waals surface area (Å²) in [5.41, 5.74) is 0.851. The van der Waals surface area contributed by atoms with Crippen molar-refractivity contribution in [2.45, 2.75) is 6.54 Å². The van der Waals surface area contributed by atoms with Crippen LogP contribution in [0.3, 0.4) is 0 Å². The number of aryl methyl sites for hydroxylation is 1. The van der Waals surface area contributed by atoms with Crippen molar-refractivity contribution < 1.29 is 8.42 Å². The molecule has 0 bridgehead atoms. The second kappa shape index (κ2) is 4.36. The first-order valence-electron chi connectivity index (χ1n) is 4.62. The largest absolute Gasteiger partial charge is 0.271 e. The molecule has 0 amide bonds. The number of hydrogen-bond acceptors (Lipinski definition) is 4. The van der Waals surface area contributed by atoms with E-state index in [4.69, 9.17) is 5.14 Å². The van der Waals surface area contributed by atoms with Gasteiger partial charge in [-0.25, -0.2) is 13.6 Å². The van der Waals surface area contributed by atoms with Gasteiger partial charge in [-0.3, -0.25) is 4.68 Å². The minimum absolute atomic E-state index is 0.0987. The predicted octanol–water partition coefficient (Wildman–Crippen LogP) is 0.900. The van der Waals surface area contributed by atoms with Crippen molar-refractivity contribution in [2.24, 2.45) is 5.14 Å². The van der Waals surface area contributed by atoms with Crippen LogP contribution >= 0.6 is 11.3 Å². The Morgan fingerprint density at radius 2 is 2.25 bits per heavy atom. The van der Waals surface area contributed by atoms with E-state index in [1.54, 1.807) is 22.2 Å². The van der Waals surface area contributed by atoms with Gasteiger partial charge in [0.2, 0.25) is 10.0 Å². The number of nitrogens with two attached hydrogens (primary N) is 1. The normalized spacial score (nSPS) is 11.8. The standard InChI is InChI=1S/C9H11N3O2S2/c10-16(13,14)7-5-12-4-3-8(11-12)9-2-1-6-15-9/h1-4,6H,5,7H2,(H2,10,13,14). The summed E-state index contributed by atoms with van der Waals surface area (Å²) < 4.78 is 23.1. The highest BCUT2D eigenvalue weighted by atomic mass is 32.2. The third-order valence-corrected chi connectivity index (χ3v) is 3.66. The van der Waals surface area contributed by atoms with E-state index in [-0.39, 0.29) is 12.3 Å². The quantitative estimate of drug-likeness (QED) is 0.884. The van der Waals surface area contributed by atoms with Crippen LogP contribution in [0, 0.1) is 0 Å². The number of sulfonamides is 1. The van der Waals surface area contributed by atoms with E-state index in [2.05, 4.69) is 5.10 Å². The second-order valence-electron chi connectivity index (χ2n) is 3.31. The Labute approximate surface area is 97.6 Å². The lowest BCUT2D eigenvalue weighted by Crippen LogP contribution is -2.20. The predicted molar refractivity (Wildman–Crippen MR) is 63.5 cm³/mol. The molecule has 0 spiro atoms. The monoisotopic (exact) mass is 257 g/mol. The molecule has 16 heavy (non-hydrogen) atoms. The lowest BCUT2D eigenvalue weighted by atomic mass is 10.3. The van der Waals surface area contributed by atoms with Crippen LogP contribution in [0.1, 0.15) is 0 Å². The van der Waals surface area contributed by atoms with Gasteiger partial charge >= 0.3 is 0 Å². The molecule has 2 aromatic heterocycles. The molecule has 0 fully saturated rings. The fourth-order valence-electron chi connectivity index (χ4n) is 1.26. The minimum Gasteiger partial charge on any atom is -0.271 e. The summed E-state index contributed by atoms with van der Waals surface area (Å²) in [6.07, 6.45) is 1.75. The number of primary sulfonamides is 1. The highest BCUT2D eigenvalue weighted by Crippen LogP contribution is 2.22. The molecule has 0 unspecified atom stereocenters. The summed E-state index contributed by atoms with van der Waals surface area (Å²) >= 11 is 1.59. The molecule has 2 N–H and O–H groups in total. The number of aromatic nitrogens is 2. The van der Waals surface area contributed by atoms with Crippen LogP contribution < -0.4 is 5.14 Å². The number of nitrogens with zero attached hydrogens (tertiary/aromatic N) is 2. The van der Waals surface area contributed by atoms with E-state index >= 15 is 0 Å². The topological polar surface area (TPSA) is 78.0 Å². The van der Waals surface area contributed by atoms with Crippen molar-refractivity contribution in [1.29, 1.82) is 0 Å². The average Bonchev–Trinajstić information content (AvgIpc) is 2.84. The lowest BCUT2D eigenvalue weighted by Gasteiger charge is -1.98. The summed E-state index contributed by atoms with van der Waals surface area (Å²) in [5.74, 6) is -0.0987. The maximum Gasteiger partial charge on any atom is 0.210 e. The van der Waals surface area contributed by atoms with Crippen LogP contribution in [0.4, 0.5) is 0 Å². The molecule has 0 aliphatic heterocycles. The molecule has 0 atom stereocenters. The van der Waals surface area contributed by atoms with Crippen LogP contribution in [0.15, 0.2) is 29.8 Å². The van der Waals surface area contributed by atoms with Crippen LogP contribution in [-0.2, 0) is 16.6 Å². The van der Waals surface area contributed by atoms with Gasteiger partial charge in [-0.05, 0) is 17.5 Å². The van der Waals surface area contributed by atoms with Crippen molar-refractivity contribution in [3.63, 3.8) is 0 Å². The maximum absolute atomic E-state index is 10.8. The molecule has 0 aromatic carbocycles. The van der Waals surface area contributed by atoms with Crippen LogP contribution in [0.2, 0.25) is 0 Å². The summed E-state index contributed by atoms with van der Waals surface area (Å²) in [6, 6.07) is 5.77. The van der Waals surface area contributed by atoms with E-state index in [1.165, 1.54) is 0 Å². The zero-order valence-corrected chi connectivity index (χ0v) is 10.0. The van der Waals surface area contributed by atoms with Gasteiger partial charge in [0.05, 0.1) is 17.2 Å². The zero-order chi connectivity index (χ0) is 11.6. The third kappa shape index (κ3) is 2.91. The molecular weight excluding hydrogens is 246 g/mol. The van der Waals surface area contributed by atoms with Gasteiger partial charge in [0, 0.05) is 6.20 Å². The van der Waals surface area contributed by atoms with Crippen molar-refractivity contribution in [3.8, 4) is 10.6 Å². The zero-order valence-electron chi connectivity index (χ0n) is 8.41. The van der Waals surface area contributed by atoms with Crippen LogP contribution in [-0.4, -0.2) is 24.0 Å². The first kappa shape index (κ1) is 11.3. The summed E-state index contributed by atoms with van der Waals surface area (Å²) in [5, 5.41) is 11.2. The number of rotatable bonds is 4. The average molecular weight is 257 g/mol. The smallest absolute Gasteiger partial charge is 0.210 e. The Kier molecular flexibility index (Phi) is 3.08. The Balaban J connectivity index is 2.09. The molecule has 5 nitrogen and oxygen atoms in total. The Morgan fingerprint density at radius 1 is 1.44 bits per heavy atom. The lowest BCUT2D eigenvalue weighted by molar-refractivity contribution is 0.582. The van der Waals surface area contributed by atoms with Gasteiger partial charge in [-0.2, -0.15) is 5.10 Å². The summed E-state index contributed by atoms with van der Waals surface area (Å²) in [7, 11) is -3.43. The number of hydrogen-bond donors (Lipinski definition) is 1. The Morgan fingerprint density at radius 3 is 2.88 bits per heavy atom. The molecular formula is C9H11N3O2S2. The van der Waals surface area contributed by atoms with Crippen LogP contribution in [0.25, 0.3) is 10.6 Å². The molecule has 86 valence electrons. The fraction of sp³-hybridized carbons (Fsp3) is 0.222. The van der Waals surface area contributed by atoms with E-state index in [0.717, 1.165) is 10.6 Å². The van der Waals surface area contributed by atoms with Gasteiger partial charge in [0.1, 0.15) is 5.69 Å². The first-order valence-corrected chi connectivity index (χ1v) is 7.22. The highest BCUT2D eigenvalue weighted by Gasteiger charge is 2.06. The van der Waals surface area contributed by atoms with E-state index < -0.39 is 10.0 Å². The molecule has 0 aliphatic carbocycles. The molecule has 0 saturated carbocycles. The van der Waals surface area contributed by atoms with E-state index in [1.807, 2.05) is 23.6 Å². The van der Waals surface area contributed by atoms with Gasteiger partial charge in [-0.1, -0.05) is 6.07 Å². The molecule has 2 aromatic rings. The second-order valence-corrected chi connectivity index (χ2v) is 5.99. The summed E-state index contributed by atoms with van der Waals surface area (Å²) in [4.78, 5) is 1.06. The fourth-order valence-corrected chi connectivity index (χ4v) is 2.39. The van der Waals surface area contributed by atoms with E-state index in [9.17, 15) is 8.42 Å². The maximum atomic E-state index is 10.8. The van der Waals surface area contributed by atoms with Gasteiger partial charge in [0.15, 0.2) is 0 Å². The summed E-state index contributed by atoms with van der Waals surface area (Å²) in [6.45, 7) is 0.282. The molecule has 0 radical (unpaired) electrons. The first-order chi connectivity index (χ1) is 7.54. The Hall–Kier alpha value is -1.18. The Bertz CT molecular complexity index is 557. The molecule has 2 rings (SSSR count). The highest BCUT2D eigenvalue weighted by molar-refractivity contribution is 7.89. The van der Waals surface area contributed by atoms with E-state index in [0.29, 0.717) is 0 Å². The van der Waals surface area contributed by atoms with Crippen molar-refractivity contribution in [1.82, 2.24) is 9.78 Å². The van der Waals surface area contributed by atoms with Crippen molar-refractivity contribution >= 4 is 21.4 Å².